The monoisotopic (exact) mass is 501 g/mol. The van der Waals surface area contributed by atoms with Gasteiger partial charge in [0.15, 0.2) is 12.2 Å². The molecule has 0 spiro atoms. The van der Waals surface area contributed by atoms with Crippen molar-refractivity contribution < 1.29 is 42.9 Å². The summed E-state index contributed by atoms with van der Waals surface area (Å²) in [6.07, 6.45) is -3.76. The van der Waals surface area contributed by atoms with Gasteiger partial charge in [-0.3, -0.25) is 19.2 Å². The van der Waals surface area contributed by atoms with E-state index in [2.05, 4.69) is 5.32 Å². The van der Waals surface area contributed by atoms with Gasteiger partial charge >= 0.3 is 17.9 Å². The van der Waals surface area contributed by atoms with Gasteiger partial charge in [-0.05, 0) is 29.3 Å². The van der Waals surface area contributed by atoms with Gasteiger partial charge in [0.2, 0.25) is 12.2 Å². The molecule has 1 saturated heterocycles. The topological polar surface area (TPSA) is 126 Å². The van der Waals surface area contributed by atoms with E-state index < -0.39 is 48.6 Å². The average molecular weight is 502 g/mol. The Morgan fingerprint density at radius 1 is 0.889 bits per heavy atom. The summed E-state index contributed by atoms with van der Waals surface area (Å²) in [5, 5.41) is 4.73. The molecule has 0 radical (unpaired) electrons. The van der Waals surface area contributed by atoms with E-state index in [-0.39, 0.29) is 18.9 Å². The van der Waals surface area contributed by atoms with E-state index in [0.29, 0.717) is 12.2 Å². The molecule has 194 valence electrons. The van der Waals surface area contributed by atoms with E-state index in [1.54, 1.807) is 6.07 Å². The van der Waals surface area contributed by atoms with Crippen molar-refractivity contribution in [3.8, 4) is 5.75 Å². The lowest BCUT2D eigenvalue weighted by Gasteiger charge is -2.44. The first-order valence-corrected chi connectivity index (χ1v) is 11.8. The average Bonchev–Trinajstić information content (AvgIpc) is 2.81. The van der Waals surface area contributed by atoms with Crippen molar-refractivity contribution in [3.63, 3.8) is 0 Å². The van der Waals surface area contributed by atoms with Crippen LogP contribution in [0.4, 0.5) is 0 Å². The Balaban J connectivity index is 2.00. The third-order valence-electron chi connectivity index (χ3n) is 5.48. The van der Waals surface area contributed by atoms with Crippen LogP contribution in [0.25, 0.3) is 10.8 Å². The Hall–Kier alpha value is -3.66. The molecule has 1 amide bonds. The smallest absolute Gasteiger partial charge is 0.303 e. The summed E-state index contributed by atoms with van der Waals surface area (Å²) < 4.78 is 28.3. The van der Waals surface area contributed by atoms with Gasteiger partial charge in [-0.25, -0.2) is 0 Å². The summed E-state index contributed by atoms with van der Waals surface area (Å²) in [7, 11) is 0. The number of fused-ring (bicyclic) bond motifs is 1. The standard InChI is InChI=1S/C26H31NO9/c1-5-8-22(31)27-23-25(34-17(4)30)24(33-16(3)29)21(14-32-15(2)28)36-26(23)35-20-12-11-18-9-6-7-10-19(18)13-20/h6-7,9-13,21,23-26H,5,8,14H2,1-4H3,(H,27,31)/t21-,23-,24-,25-,26-/m1/s1. The quantitative estimate of drug-likeness (QED) is 0.407. The number of ether oxygens (including phenoxy) is 5. The highest BCUT2D eigenvalue weighted by Gasteiger charge is 2.52. The lowest BCUT2D eigenvalue weighted by Crippen LogP contribution is -2.67. The van der Waals surface area contributed by atoms with Crippen molar-refractivity contribution >= 4 is 34.6 Å². The Kier molecular flexibility index (Phi) is 9.24. The number of amides is 1. The molecule has 0 bridgehead atoms. The SMILES string of the molecule is CCCC(=O)N[C@H]1[C@H](Oc2ccc3ccccc3c2)O[C@H](COC(C)=O)[C@@H](OC(C)=O)[C@@H]1OC(C)=O. The lowest BCUT2D eigenvalue weighted by molar-refractivity contribution is -0.257. The molecule has 1 heterocycles. The van der Waals surface area contributed by atoms with E-state index in [0.717, 1.165) is 10.8 Å². The first-order chi connectivity index (χ1) is 17.2. The fraction of sp³-hybridized carbons (Fsp3) is 0.462. The van der Waals surface area contributed by atoms with Crippen molar-refractivity contribution in [1.29, 1.82) is 0 Å². The van der Waals surface area contributed by atoms with E-state index in [1.165, 1.54) is 20.8 Å². The third-order valence-corrected chi connectivity index (χ3v) is 5.48. The Morgan fingerprint density at radius 2 is 1.56 bits per heavy atom. The molecule has 5 atom stereocenters. The first-order valence-electron chi connectivity index (χ1n) is 11.8. The summed E-state index contributed by atoms with van der Waals surface area (Å²) >= 11 is 0. The van der Waals surface area contributed by atoms with Crippen molar-refractivity contribution in [1.82, 2.24) is 5.32 Å². The second kappa shape index (κ2) is 12.3. The normalized spacial score (nSPS) is 23.4. The summed E-state index contributed by atoms with van der Waals surface area (Å²) in [5.74, 6) is -1.79. The second-order valence-corrected chi connectivity index (χ2v) is 8.46. The molecule has 3 rings (SSSR count). The predicted octanol–water partition coefficient (Wildman–Crippen LogP) is 2.65. The van der Waals surface area contributed by atoms with Gasteiger partial charge in [0.25, 0.3) is 0 Å². The zero-order valence-electron chi connectivity index (χ0n) is 20.7. The fourth-order valence-corrected chi connectivity index (χ4v) is 4.02. The molecule has 10 nitrogen and oxygen atoms in total. The highest BCUT2D eigenvalue weighted by atomic mass is 16.7. The fourth-order valence-electron chi connectivity index (χ4n) is 4.02. The van der Waals surface area contributed by atoms with Gasteiger partial charge in [0, 0.05) is 27.2 Å². The minimum atomic E-state index is -1.17. The Morgan fingerprint density at radius 3 is 2.19 bits per heavy atom. The molecular weight excluding hydrogens is 470 g/mol. The van der Waals surface area contributed by atoms with Gasteiger partial charge < -0.3 is 29.0 Å². The van der Waals surface area contributed by atoms with Crippen LogP contribution in [-0.2, 0) is 38.1 Å². The molecule has 10 heteroatoms. The van der Waals surface area contributed by atoms with Crippen molar-refractivity contribution in [2.45, 2.75) is 71.2 Å². The summed E-state index contributed by atoms with van der Waals surface area (Å²) in [6.45, 7) is 5.17. The van der Waals surface area contributed by atoms with E-state index in [1.807, 2.05) is 43.3 Å². The number of benzene rings is 2. The number of rotatable bonds is 9. The summed E-state index contributed by atoms with van der Waals surface area (Å²) in [5.41, 5.74) is 0. The number of nitrogens with one attached hydrogen (secondary N) is 1. The Labute approximate surface area is 209 Å². The maximum absolute atomic E-state index is 12.6. The minimum Gasteiger partial charge on any atom is -0.463 e. The predicted molar refractivity (Wildman–Crippen MR) is 128 cm³/mol. The van der Waals surface area contributed by atoms with Gasteiger partial charge in [-0.2, -0.15) is 0 Å². The molecule has 1 aliphatic rings. The molecule has 2 aromatic carbocycles. The van der Waals surface area contributed by atoms with Crippen LogP contribution in [0, 0.1) is 0 Å². The van der Waals surface area contributed by atoms with Crippen LogP contribution in [0.5, 0.6) is 5.75 Å². The molecule has 2 aromatic rings. The van der Waals surface area contributed by atoms with Gasteiger partial charge in [0.05, 0.1) is 0 Å². The van der Waals surface area contributed by atoms with E-state index in [4.69, 9.17) is 23.7 Å². The highest BCUT2D eigenvalue weighted by molar-refractivity contribution is 5.83. The van der Waals surface area contributed by atoms with Crippen molar-refractivity contribution in [3.05, 3.63) is 42.5 Å². The minimum absolute atomic E-state index is 0.209. The zero-order chi connectivity index (χ0) is 26.2. The van der Waals surface area contributed by atoms with E-state index in [9.17, 15) is 19.2 Å². The number of carbonyl (C=O) groups is 4. The van der Waals surface area contributed by atoms with Gasteiger partial charge in [0.1, 0.15) is 24.5 Å². The zero-order valence-corrected chi connectivity index (χ0v) is 20.7. The molecule has 1 aliphatic heterocycles. The highest BCUT2D eigenvalue weighted by Crippen LogP contribution is 2.30. The summed E-state index contributed by atoms with van der Waals surface area (Å²) in [4.78, 5) is 48.0. The number of hydrogen-bond donors (Lipinski definition) is 1. The van der Waals surface area contributed by atoms with E-state index >= 15 is 0 Å². The van der Waals surface area contributed by atoms with Crippen LogP contribution in [0.2, 0.25) is 0 Å². The van der Waals surface area contributed by atoms with Crippen LogP contribution in [0.3, 0.4) is 0 Å². The molecule has 0 aromatic heterocycles. The number of esters is 3. The van der Waals surface area contributed by atoms with Gasteiger partial charge in [-0.15, -0.1) is 0 Å². The van der Waals surface area contributed by atoms with Crippen molar-refractivity contribution in [2.24, 2.45) is 0 Å². The second-order valence-electron chi connectivity index (χ2n) is 8.46. The van der Waals surface area contributed by atoms with Gasteiger partial charge in [-0.1, -0.05) is 37.3 Å². The number of carbonyl (C=O) groups excluding carboxylic acids is 4. The first kappa shape index (κ1) is 26.9. The molecule has 0 aliphatic carbocycles. The number of hydrogen-bond acceptors (Lipinski definition) is 9. The van der Waals surface area contributed by atoms with Crippen LogP contribution in [0.1, 0.15) is 40.5 Å². The molecule has 1 N–H and O–H groups in total. The molecule has 1 fully saturated rings. The maximum atomic E-state index is 12.6. The maximum Gasteiger partial charge on any atom is 0.303 e. The third kappa shape index (κ3) is 7.17. The van der Waals surface area contributed by atoms with Crippen LogP contribution in [-0.4, -0.2) is 61.1 Å². The molecule has 0 unspecified atom stereocenters. The molecule has 36 heavy (non-hydrogen) atoms. The molecule has 0 saturated carbocycles. The molecular formula is C26H31NO9. The van der Waals surface area contributed by atoms with Crippen molar-refractivity contribution in [2.75, 3.05) is 6.61 Å². The van der Waals surface area contributed by atoms with Crippen LogP contribution >= 0.6 is 0 Å². The summed E-state index contributed by atoms with van der Waals surface area (Å²) in [6, 6.07) is 12.1. The lowest BCUT2D eigenvalue weighted by atomic mass is 9.95. The van der Waals surface area contributed by atoms with Crippen LogP contribution in [0.15, 0.2) is 42.5 Å². The Bertz CT molecular complexity index is 1100. The largest absolute Gasteiger partial charge is 0.463 e. The van der Waals surface area contributed by atoms with Crippen LogP contribution < -0.4 is 10.1 Å².